The highest BCUT2D eigenvalue weighted by molar-refractivity contribution is 5.04. The molecule has 0 aliphatic carbocycles. The van der Waals surface area contributed by atoms with Crippen molar-refractivity contribution in [1.29, 1.82) is 0 Å². The van der Waals surface area contributed by atoms with Gasteiger partial charge in [-0.05, 0) is 18.6 Å². The molecule has 0 aliphatic heterocycles. The van der Waals surface area contributed by atoms with Gasteiger partial charge < -0.3 is 0 Å². The summed E-state index contributed by atoms with van der Waals surface area (Å²) < 4.78 is 21.4. The largest absolute Gasteiger partial charge is 0.264 e. The van der Waals surface area contributed by atoms with Crippen LogP contribution < -0.4 is 0 Å². The van der Waals surface area contributed by atoms with Crippen LogP contribution in [0.2, 0.25) is 0 Å². The minimum atomic E-state index is -0.0133. The molecule has 0 bridgehead atoms. The van der Waals surface area contributed by atoms with Crippen LogP contribution in [0.1, 0.15) is 9.68 Å². The minimum absolute atomic E-state index is 0.0133. The maximum atomic E-state index is 7.22. The predicted molar refractivity (Wildman–Crippen MR) is 29.0 cm³/mol. The molecule has 0 spiro atoms. The van der Waals surface area contributed by atoms with Gasteiger partial charge in [0.2, 0.25) is 0 Å². The van der Waals surface area contributed by atoms with E-state index >= 15 is 0 Å². The maximum absolute atomic E-state index is 7.22. The Morgan fingerprint density at radius 2 is 2.71 bits per heavy atom. The number of pyridine rings is 1. The van der Waals surface area contributed by atoms with Gasteiger partial charge in [0.15, 0.2) is 0 Å². The first-order chi connectivity index (χ1) is 4.61. The highest BCUT2D eigenvalue weighted by Crippen LogP contribution is 1.88. The Morgan fingerprint density at radius 1 is 1.86 bits per heavy atom. The molecule has 1 aromatic rings. The van der Waals surface area contributed by atoms with Gasteiger partial charge in [-0.15, -0.1) is 0 Å². The third kappa shape index (κ3) is 1.000. The van der Waals surface area contributed by atoms with E-state index in [0.29, 0.717) is 5.56 Å². The van der Waals surface area contributed by atoms with Gasteiger partial charge in [-0.1, -0.05) is 6.04 Å². The first kappa shape index (κ1) is 1.95. The molecule has 1 heteroatoms. The van der Waals surface area contributed by atoms with E-state index in [1.165, 1.54) is 6.07 Å². The van der Waals surface area contributed by atoms with Crippen LogP contribution in [0.25, 0.3) is 0 Å². The lowest BCUT2D eigenvalue weighted by molar-refractivity contribution is 1.27. The summed E-state index contributed by atoms with van der Waals surface area (Å²) in [4.78, 5) is 3.55. The van der Waals surface area contributed by atoms with E-state index in [-0.39, 0.29) is 18.4 Å². The summed E-state index contributed by atoms with van der Waals surface area (Å²) in [6.45, 7) is 1.65. The zero-order valence-corrected chi connectivity index (χ0v) is 4.02. The molecule has 1 nitrogen and oxygen atoms in total. The van der Waals surface area contributed by atoms with Crippen LogP contribution in [-0.4, -0.2) is 4.98 Å². The molecule has 0 aromatic carbocycles. The average Bonchev–Trinajstić information content (AvgIpc) is 1.82. The molecular weight excluding hydrogens is 86.1 g/mol. The van der Waals surface area contributed by atoms with Crippen molar-refractivity contribution in [3.05, 3.63) is 30.0 Å². The van der Waals surface area contributed by atoms with Crippen LogP contribution in [0, 0.1) is 6.92 Å². The summed E-state index contributed by atoms with van der Waals surface area (Å²) in [6, 6.07) is 1.54. The fourth-order valence-electron chi connectivity index (χ4n) is 0.321. The van der Waals surface area contributed by atoms with E-state index in [0.717, 1.165) is 0 Å². The van der Waals surface area contributed by atoms with Gasteiger partial charge >= 0.3 is 0 Å². The van der Waals surface area contributed by atoms with Crippen LogP contribution in [0.4, 0.5) is 0 Å². The smallest absolute Gasteiger partial charge is 0.0843 e. The topological polar surface area (TPSA) is 12.9 Å². The zero-order chi connectivity index (χ0) is 7.72. The van der Waals surface area contributed by atoms with Gasteiger partial charge in [-0.2, -0.15) is 0 Å². The van der Waals surface area contributed by atoms with Crippen molar-refractivity contribution in [3.63, 3.8) is 0 Å². The number of hydrogen-bond acceptors (Lipinski definition) is 1. The van der Waals surface area contributed by atoms with E-state index in [1.807, 2.05) is 0 Å². The van der Waals surface area contributed by atoms with Crippen molar-refractivity contribution in [3.8, 4) is 0 Å². The summed E-state index contributed by atoms with van der Waals surface area (Å²) >= 11 is 0. The van der Waals surface area contributed by atoms with Crippen molar-refractivity contribution in [2.24, 2.45) is 0 Å². The Bertz CT molecular complexity index is 236. The van der Waals surface area contributed by atoms with Crippen molar-refractivity contribution in [2.45, 2.75) is 6.92 Å². The maximum Gasteiger partial charge on any atom is 0.0843 e. The third-order valence-corrected chi connectivity index (χ3v) is 0.641. The Balaban J connectivity index is 3.31. The molecule has 0 radical (unpaired) electrons. The Hall–Kier alpha value is -0.850. The molecule has 0 amide bonds. The molecule has 1 heterocycles. The van der Waals surface area contributed by atoms with Gasteiger partial charge in [0.1, 0.15) is 0 Å². The summed E-state index contributed by atoms with van der Waals surface area (Å²) in [7, 11) is 0. The Labute approximate surface area is 47.2 Å². The van der Waals surface area contributed by atoms with Crippen molar-refractivity contribution < 1.29 is 4.11 Å². The van der Waals surface area contributed by atoms with E-state index in [1.54, 1.807) is 6.92 Å². The van der Waals surface area contributed by atoms with Crippen LogP contribution in [-0.2, 0) is 0 Å². The summed E-state index contributed by atoms with van der Waals surface area (Å²) in [5.41, 5.74) is 0.524. The number of hydrogen-bond donors (Lipinski definition) is 0. The fourth-order valence-corrected chi connectivity index (χ4v) is 0.321. The first-order valence-corrected chi connectivity index (χ1v) is 2.02. The van der Waals surface area contributed by atoms with E-state index in [9.17, 15) is 0 Å². The Kier molecular flexibility index (Phi) is 0.483. The van der Waals surface area contributed by atoms with Crippen LogP contribution >= 0.6 is 0 Å². The van der Waals surface area contributed by atoms with Crippen LogP contribution in [0.15, 0.2) is 24.5 Å². The molecule has 7 heavy (non-hydrogen) atoms. The van der Waals surface area contributed by atoms with Gasteiger partial charge in [0.25, 0.3) is 0 Å². The van der Waals surface area contributed by atoms with Crippen molar-refractivity contribution in [2.75, 3.05) is 0 Å². The number of nitrogens with zero attached hydrogens (tertiary/aromatic N) is 1. The lowest BCUT2D eigenvalue weighted by Crippen LogP contribution is -1.69. The molecule has 0 fully saturated rings. The first-order valence-electron chi connectivity index (χ1n) is 3.52. The molecule has 0 unspecified atom stereocenters. The molecule has 1 rings (SSSR count). The summed E-state index contributed by atoms with van der Waals surface area (Å²) in [5, 5.41) is 0. The van der Waals surface area contributed by atoms with E-state index in [2.05, 4.69) is 4.98 Å². The number of rotatable bonds is 0. The quantitative estimate of drug-likeness (QED) is 0.475. The number of aromatic nitrogens is 1. The lowest BCUT2D eigenvalue weighted by atomic mass is 10.3. The monoisotopic (exact) mass is 96.1 g/mol. The van der Waals surface area contributed by atoms with E-state index in [4.69, 9.17) is 4.11 Å². The second-order valence-corrected chi connectivity index (χ2v) is 1.27. The highest BCUT2D eigenvalue weighted by atomic mass is 14.6. The predicted octanol–water partition coefficient (Wildman–Crippen LogP) is 1.39. The lowest BCUT2D eigenvalue weighted by Gasteiger charge is -1.82. The standard InChI is InChI=1S/C6H7N/c1-6-3-2-4-7-5-6/h2-5H,1H3/i3D,4D,5D. The van der Waals surface area contributed by atoms with E-state index < -0.39 is 0 Å². The zero-order valence-electron chi connectivity index (χ0n) is 7.02. The molecule has 0 saturated carbocycles. The van der Waals surface area contributed by atoms with Crippen molar-refractivity contribution in [1.82, 2.24) is 4.98 Å². The second-order valence-electron chi connectivity index (χ2n) is 1.27. The van der Waals surface area contributed by atoms with Crippen molar-refractivity contribution >= 4 is 0 Å². The molecular formula is C6H7N. The second kappa shape index (κ2) is 1.73. The molecule has 1 aromatic heterocycles. The molecule has 36 valence electrons. The van der Waals surface area contributed by atoms with Crippen LogP contribution in [0.3, 0.4) is 0 Å². The van der Waals surface area contributed by atoms with Gasteiger partial charge in [0.05, 0.1) is 4.11 Å². The van der Waals surface area contributed by atoms with Gasteiger partial charge in [0, 0.05) is 12.3 Å². The molecule has 0 aliphatic rings. The molecule has 0 atom stereocenters. The fraction of sp³-hybridized carbons (Fsp3) is 0.167. The summed E-state index contributed by atoms with van der Waals surface area (Å²) in [5.74, 6) is 0. The summed E-state index contributed by atoms with van der Waals surface area (Å²) in [6.07, 6.45) is 0.0121. The SMILES string of the molecule is [2H]c1cc([2H])c(C)c([2H])n1. The van der Waals surface area contributed by atoms with Gasteiger partial charge in [-0.25, -0.2) is 0 Å². The Morgan fingerprint density at radius 3 is 3.43 bits per heavy atom. The molecule has 0 saturated heterocycles. The average molecular weight is 96.1 g/mol. The highest BCUT2D eigenvalue weighted by Gasteiger charge is 1.73. The third-order valence-electron chi connectivity index (χ3n) is 0.641. The molecule has 0 N–H and O–H groups in total. The normalized spacial score (nSPS) is 14.7. The minimum Gasteiger partial charge on any atom is -0.264 e. The van der Waals surface area contributed by atoms with Crippen LogP contribution in [0.5, 0.6) is 0 Å². The van der Waals surface area contributed by atoms with Gasteiger partial charge in [-0.3, -0.25) is 4.98 Å².